The maximum Gasteiger partial charge on any atom is 0.224 e. The fourth-order valence-electron chi connectivity index (χ4n) is 4.28. The molecule has 1 aliphatic heterocycles. The summed E-state index contributed by atoms with van der Waals surface area (Å²) in [6.45, 7) is 1.97. The molecule has 0 spiro atoms. The van der Waals surface area contributed by atoms with Crippen LogP contribution in [0.25, 0.3) is 27.6 Å². The van der Waals surface area contributed by atoms with Crippen LogP contribution in [0, 0.1) is 5.41 Å². The molecule has 36 heavy (non-hydrogen) atoms. The highest BCUT2D eigenvalue weighted by Crippen LogP contribution is 2.31. The minimum Gasteiger partial charge on any atom is -0.472 e. The number of rotatable bonds is 7. The molecule has 2 aromatic carbocycles. The summed E-state index contributed by atoms with van der Waals surface area (Å²) in [6.07, 6.45) is 12.0. The maximum atomic E-state index is 12.1. The SMILES string of the molecule is CCCC(=O)NC1=CC(c2ccc(N)c(C(=N)c3cc4c(-c5ccoc5)cccc4[nH]3)c2)=CNC=C1. The van der Waals surface area contributed by atoms with Crippen LogP contribution in [-0.4, -0.2) is 16.6 Å². The van der Waals surface area contributed by atoms with E-state index in [-0.39, 0.29) is 5.91 Å². The average Bonchev–Trinajstić information content (AvgIpc) is 3.51. The third-order valence-electron chi connectivity index (χ3n) is 6.09. The molecule has 0 saturated heterocycles. The number of fused-ring (bicyclic) bond motifs is 1. The second kappa shape index (κ2) is 9.84. The summed E-state index contributed by atoms with van der Waals surface area (Å²) in [5, 5.41) is 16.0. The van der Waals surface area contributed by atoms with Gasteiger partial charge in [-0.05, 0) is 65.6 Å². The van der Waals surface area contributed by atoms with E-state index in [2.05, 4.69) is 15.6 Å². The number of hydrogen-bond donors (Lipinski definition) is 5. The van der Waals surface area contributed by atoms with Crippen molar-refractivity contribution in [2.24, 2.45) is 0 Å². The van der Waals surface area contributed by atoms with E-state index in [1.807, 2.05) is 67.7 Å². The number of carbonyl (C=O) groups excluding carboxylic acids is 1. The summed E-state index contributed by atoms with van der Waals surface area (Å²) in [5.74, 6) is -0.0250. The number of nitrogens with one attached hydrogen (secondary N) is 4. The van der Waals surface area contributed by atoms with Crippen molar-refractivity contribution in [2.45, 2.75) is 19.8 Å². The van der Waals surface area contributed by atoms with Gasteiger partial charge in [-0.3, -0.25) is 10.2 Å². The smallest absolute Gasteiger partial charge is 0.224 e. The minimum absolute atomic E-state index is 0.0250. The highest BCUT2D eigenvalue weighted by molar-refractivity contribution is 6.15. The summed E-state index contributed by atoms with van der Waals surface area (Å²) in [4.78, 5) is 15.5. The Morgan fingerprint density at radius 3 is 2.83 bits per heavy atom. The first-order valence-corrected chi connectivity index (χ1v) is 11.8. The third-order valence-corrected chi connectivity index (χ3v) is 6.09. The van der Waals surface area contributed by atoms with Gasteiger partial charge in [0.05, 0.1) is 23.9 Å². The molecule has 4 aromatic rings. The molecule has 0 fully saturated rings. The Hall–Kier alpha value is -4.78. The second-order valence-electron chi connectivity index (χ2n) is 8.64. The molecule has 7 heteroatoms. The summed E-state index contributed by atoms with van der Waals surface area (Å²) in [6, 6.07) is 15.5. The van der Waals surface area contributed by atoms with Gasteiger partial charge in [0.25, 0.3) is 0 Å². The molecule has 0 aliphatic carbocycles. The van der Waals surface area contributed by atoms with Crippen LogP contribution >= 0.6 is 0 Å². The van der Waals surface area contributed by atoms with Gasteiger partial charge >= 0.3 is 0 Å². The summed E-state index contributed by atoms with van der Waals surface area (Å²) >= 11 is 0. The van der Waals surface area contributed by atoms with Gasteiger partial charge in [-0.25, -0.2) is 0 Å². The zero-order valence-electron chi connectivity index (χ0n) is 19.9. The highest BCUT2D eigenvalue weighted by atomic mass is 16.3. The lowest BCUT2D eigenvalue weighted by Gasteiger charge is -2.11. The molecule has 0 atom stereocenters. The average molecular weight is 478 g/mol. The number of hydrogen-bond acceptors (Lipinski definition) is 5. The Kier molecular flexibility index (Phi) is 6.28. The number of benzene rings is 2. The van der Waals surface area contributed by atoms with Crippen LogP contribution in [0.2, 0.25) is 0 Å². The molecule has 0 saturated carbocycles. The number of allylic oxidation sites excluding steroid dienone is 3. The Morgan fingerprint density at radius 1 is 1.14 bits per heavy atom. The highest BCUT2D eigenvalue weighted by Gasteiger charge is 2.16. The number of amides is 1. The molecule has 1 amide bonds. The Bertz CT molecular complexity index is 1540. The van der Waals surface area contributed by atoms with E-state index in [1.165, 1.54) is 0 Å². The zero-order chi connectivity index (χ0) is 25.1. The van der Waals surface area contributed by atoms with Crippen molar-refractivity contribution in [2.75, 3.05) is 5.73 Å². The fraction of sp³-hybridized carbons (Fsp3) is 0.103. The molecule has 0 unspecified atom stereocenters. The van der Waals surface area contributed by atoms with E-state index in [0.29, 0.717) is 34.8 Å². The first kappa shape index (κ1) is 23.0. The molecular formula is C29H27N5O2. The molecule has 7 nitrogen and oxygen atoms in total. The van der Waals surface area contributed by atoms with E-state index in [1.54, 1.807) is 24.8 Å². The lowest BCUT2D eigenvalue weighted by atomic mass is 9.97. The summed E-state index contributed by atoms with van der Waals surface area (Å²) in [5.41, 5.74) is 13.8. The van der Waals surface area contributed by atoms with Crippen molar-refractivity contribution in [3.63, 3.8) is 0 Å². The van der Waals surface area contributed by atoms with Crippen LogP contribution < -0.4 is 16.4 Å². The number of carbonyl (C=O) groups is 1. The normalized spacial score (nSPS) is 13.0. The predicted octanol–water partition coefficient (Wildman–Crippen LogP) is 5.68. The van der Waals surface area contributed by atoms with Crippen LogP contribution in [0.5, 0.6) is 0 Å². The molecule has 0 radical (unpaired) electrons. The van der Waals surface area contributed by atoms with Crippen LogP contribution in [0.1, 0.15) is 36.6 Å². The predicted molar refractivity (Wildman–Crippen MR) is 144 cm³/mol. The lowest BCUT2D eigenvalue weighted by molar-refractivity contribution is -0.120. The number of nitrogen functional groups attached to an aromatic ring is 1. The molecule has 180 valence electrons. The third kappa shape index (κ3) is 4.59. The van der Waals surface area contributed by atoms with E-state index >= 15 is 0 Å². The number of H-pyrrole nitrogens is 1. The van der Waals surface area contributed by atoms with Gasteiger partial charge in [-0.15, -0.1) is 0 Å². The largest absolute Gasteiger partial charge is 0.472 e. The number of nitrogens with two attached hydrogens (primary N) is 1. The van der Waals surface area contributed by atoms with Crippen molar-refractivity contribution in [3.05, 3.63) is 108 Å². The van der Waals surface area contributed by atoms with Gasteiger partial charge in [0.2, 0.25) is 5.91 Å². The number of aromatic amines is 1. The monoisotopic (exact) mass is 477 g/mol. The van der Waals surface area contributed by atoms with Crippen LogP contribution in [0.15, 0.2) is 95.7 Å². The molecule has 3 heterocycles. The van der Waals surface area contributed by atoms with Gasteiger partial charge in [-0.1, -0.05) is 25.1 Å². The topological polar surface area (TPSA) is 120 Å². The van der Waals surface area contributed by atoms with E-state index in [4.69, 9.17) is 15.6 Å². The summed E-state index contributed by atoms with van der Waals surface area (Å²) < 4.78 is 5.27. The van der Waals surface area contributed by atoms with E-state index in [0.717, 1.165) is 39.6 Å². The Labute approximate surface area is 208 Å². The van der Waals surface area contributed by atoms with Crippen LogP contribution in [0.3, 0.4) is 0 Å². The van der Waals surface area contributed by atoms with Crippen molar-refractivity contribution < 1.29 is 9.21 Å². The maximum absolute atomic E-state index is 12.1. The molecular weight excluding hydrogens is 450 g/mol. The van der Waals surface area contributed by atoms with Crippen molar-refractivity contribution in [3.8, 4) is 11.1 Å². The van der Waals surface area contributed by atoms with E-state index < -0.39 is 0 Å². The lowest BCUT2D eigenvalue weighted by Crippen LogP contribution is -2.21. The fourth-order valence-corrected chi connectivity index (χ4v) is 4.28. The van der Waals surface area contributed by atoms with Crippen molar-refractivity contribution in [1.29, 1.82) is 5.41 Å². The second-order valence-corrected chi connectivity index (χ2v) is 8.64. The standard InChI is InChI=1S/C29H27N5O2/c1-2-4-28(35)33-21-9-11-32-16-20(13-21)18-7-8-25(30)24(14-18)29(31)27-15-23-22(19-10-12-36-17-19)5-3-6-26(23)34-27/h3,5-17,31-32,34H,2,4,30H2,1H3,(H,33,35). The van der Waals surface area contributed by atoms with Gasteiger partial charge in [0.1, 0.15) is 0 Å². The van der Waals surface area contributed by atoms with Crippen LogP contribution in [0.4, 0.5) is 5.69 Å². The quantitative estimate of drug-likeness (QED) is 0.174. The molecule has 2 aromatic heterocycles. The molecule has 1 aliphatic rings. The zero-order valence-corrected chi connectivity index (χ0v) is 19.9. The van der Waals surface area contributed by atoms with Crippen molar-refractivity contribution in [1.82, 2.24) is 15.6 Å². The first-order chi connectivity index (χ1) is 17.5. The first-order valence-electron chi connectivity index (χ1n) is 11.8. The molecule has 6 N–H and O–H groups in total. The number of aromatic nitrogens is 1. The van der Waals surface area contributed by atoms with Gasteiger partial charge < -0.3 is 25.8 Å². The van der Waals surface area contributed by atoms with Gasteiger partial charge in [0, 0.05) is 52.2 Å². The van der Waals surface area contributed by atoms with Crippen molar-refractivity contribution >= 4 is 33.8 Å². The Morgan fingerprint density at radius 2 is 2.03 bits per heavy atom. The van der Waals surface area contributed by atoms with Gasteiger partial charge in [0.15, 0.2) is 0 Å². The number of anilines is 1. The summed E-state index contributed by atoms with van der Waals surface area (Å²) in [7, 11) is 0. The molecule has 0 bridgehead atoms. The number of furan rings is 1. The molecule has 5 rings (SSSR count). The van der Waals surface area contributed by atoms with E-state index in [9.17, 15) is 4.79 Å². The minimum atomic E-state index is -0.0250. The Balaban J connectivity index is 1.48. The van der Waals surface area contributed by atoms with Gasteiger partial charge in [-0.2, -0.15) is 0 Å². The van der Waals surface area contributed by atoms with Crippen LogP contribution in [-0.2, 0) is 4.79 Å².